The number of carbonyl (C=O) groups excluding carboxylic acids is 3. The van der Waals surface area contributed by atoms with Crippen molar-refractivity contribution >= 4 is 44.8 Å². The zero-order valence-electron chi connectivity index (χ0n) is 18.9. The molecule has 2 fully saturated rings. The van der Waals surface area contributed by atoms with Crippen molar-refractivity contribution in [3.05, 3.63) is 36.0 Å². The molecule has 1 aromatic carbocycles. The minimum absolute atomic E-state index is 0.287. The number of hydrogen-bond donors (Lipinski definition) is 0. The first-order chi connectivity index (χ1) is 15.2. The lowest BCUT2D eigenvalue weighted by atomic mass is 10.00. The minimum Gasteiger partial charge on any atom is -0.468 e. The Morgan fingerprint density at radius 1 is 1.22 bits per heavy atom. The van der Waals surface area contributed by atoms with Crippen molar-refractivity contribution in [1.29, 1.82) is 0 Å². The number of aromatic nitrogens is 1. The highest BCUT2D eigenvalue weighted by molar-refractivity contribution is 9.09. The van der Waals surface area contributed by atoms with E-state index in [2.05, 4.69) is 15.9 Å². The van der Waals surface area contributed by atoms with Crippen LogP contribution in [0.3, 0.4) is 0 Å². The molecule has 1 saturated carbocycles. The Kier molecular flexibility index (Phi) is 5.86. The smallest absolute Gasteiger partial charge is 0.410 e. The van der Waals surface area contributed by atoms with Gasteiger partial charge in [0.1, 0.15) is 5.60 Å². The third-order valence-electron chi connectivity index (χ3n) is 6.46. The molecule has 1 aliphatic carbocycles. The predicted molar refractivity (Wildman–Crippen MR) is 124 cm³/mol. The molecule has 1 aliphatic heterocycles. The molecule has 2 heterocycles. The number of likely N-dealkylation sites (tertiary alicyclic amines) is 1. The summed E-state index contributed by atoms with van der Waals surface area (Å²) in [5.41, 5.74) is -0.309. The number of esters is 1. The Labute approximate surface area is 196 Å². The van der Waals surface area contributed by atoms with E-state index in [1.165, 1.54) is 7.11 Å². The van der Waals surface area contributed by atoms with E-state index in [0.29, 0.717) is 19.4 Å². The highest BCUT2D eigenvalue weighted by Crippen LogP contribution is 2.62. The van der Waals surface area contributed by atoms with E-state index in [9.17, 15) is 14.4 Å². The summed E-state index contributed by atoms with van der Waals surface area (Å²) in [5, 5.41) is 1.74. The van der Waals surface area contributed by atoms with E-state index in [4.69, 9.17) is 9.47 Å². The number of ether oxygens (including phenoxy) is 2. The number of methoxy groups -OCH3 is 1. The van der Waals surface area contributed by atoms with Crippen molar-refractivity contribution in [1.82, 2.24) is 9.47 Å². The molecule has 3 atom stereocenters. The maximum absolute atomic E-state index is 14.1. The third kappa shape index (κ3) is 3.52. The normalized spacial score (nSPS) is 24.7. The summed E-state index contributed by atoms with van der Waals surface area (Å²) in [6, 6.07) is 7.11. The van der Waals surface area contributed by atoms with Crippen LogP contribution in [-0.2, 0) is 20.7 Å². The summed E-state index contributed by atoms with van der Waals surface area (Å²) in [7, 11) is 1.30. The molecule has 32 heavy (non-hydrogen) atoms. The lowest BCUT2D eigenvalue weighted by molar-refractivity contribution is -0.146. The molecule has 8 heteroatoms. The van der Waals surface area contributed by atoms with Crippen LogP contribution in [-0.4, -0.2) is 58.1 Å². The van der Waals surface area contributed by atoms with Gasteiger partial charge >= 0.3 is 12.1 Å². The van der Waals surface area contributed by atoms with Crippen molar-refractivity contribution in [3.8, 4) is 0 Å². The standard InChI is InChI=1S/C24H29BrN2O5/c1-23(2,3)32-22(30)26-13-7-9-17-19(26)24(17,21(29)31-4)20(28)27-14-15(11-12-25)16-8-5-6-10-18(16)27/h5-6,8,10,14,17,19H,7,9,11-13H2,1-4H3/t17-,19+,24-/m0/s1. The molecule has 1 aromatic heterocycles. The maximum Gasteiger partial charge on any atom is 0.410 e. The van der Waals surface area contributed by atoms with Crippen LogP contribution in [0.5, 0.6) is 0 Å². The molecule has 172 valence electrons. The zero-order valence-corrected chi connectivity index (χ0v) is 20.5. The topological polar surface area (TPSA) is 77.8 Å². The summed E-state index contributed by atoms with van der Waals surface area (Å²) < 4.78 is 12.3. The Bertz CT molecular complexity index is 1070. The number of piperidine rings is 1. The largest absolute Gasteiger partial charge is 0.468 e. The van der Waals surface area contributed by atoms with E-state index in [-0.39, 0.29) is 11.8 Å². The molecule has 1 amide bonds. The van der Waals surface area contributed by atoms with Crippen LogP contribution in [0.15, 0.2) is 30.5 Å². The molecule has 4 rings (SSSR count). The molecular formula is C24H29BrN2O5. The fourth-order valence-corrected chi connectivity index (χ4v) is 5.59. The first kappa shape index (κ1) is 22.8. The van der Waals surface area contributed by atoms with Crippen molar-refractivity contribution < 1.29 is 23.9 Å². The van der Waals surface area contributed by atoms with Gasteiger partial charge in [0, 0.05) is 29.4 Å². The van der Waals surface area contributed by atoms with Gasteiger partial charge in [-0.1, -0.05) is 34.1 Å². The van der Waals surface area contributed by atoms with E-state index >= 15 is 0 Å². The third-order valence-corrected chi connectivity index (χ3v) is 6.85. The SMILES string of the molecule is COC(=O)[C@@]1(C(=O)n2cc(CCBr)c3ccccc32)[C@H]2CCCN(C(=O)OC(C)(C)C)[C@H]21. The Morgan fingerprint density at radius 3 is 2.59 bits per heavy atom. The molecule has 0 spiro atoms. The molecule has 0 unspecified atom stereocenters. The van der Waals surface area contributed by atoms with Crippen molar-refractivity contribution in [3.63, 3.8) is 0 Å². The highest BCUT2D eigenvalue weighted by atomic mass is 79.9. The van der Waals surface area contributed by atoms with Gasteiger partial charge in [0.25, 0.3) is 5.91 Å². The molecular weight excluding hydrogens is 476 g/mol. The number of benzene rings is 1. The number of fused-ring (bicyclic) bond motifs is 2. The second-order valence-corrected chi connectivity index (χ2v) is 10.3. The number of nitrogens with zero attached hydrogens (tertiary/aromatic N) is 2. The predicted octanol–water partition coefficient (Wildman–Crippen LogP) is 4.41. The van der Waals surface area contributed by atoms with Crippen LogP contribution in [0.25, 0.3) is 10.9 Å². The number of aryl methyl sites for hydroxylation is 1. The maximum atomic E-state index is 14.1. The lowest BCUT2D eigenvalue weighted by Crippen LogP contribution is -2.45. The van der Waals surface area contributed by atoms with Crippen LogP contribution in [0.1, 0.15) is 44.0 Å². The van der Waals surface area contributed by atoms with Crippen molar-refractivity contribution in [2.75, 3.05) is 19.0 Å². The number of rotatable bonds is 4. The van der Waals surface area contributed by atoms with Gasteiger partial charge in [0.05, 0.1) is 18.7 Å². The number of halogens is 1. The summed E-state index contributed by atoms with van der Waals surface area (Å²) in [5.74, 6) is -1.22. The second kappa shape index (κ2) is 8.21. The van der Waals surface area contributed by atoms with Gasteiger partial charge in [-0.25, -0.2) is 4.79 Å². The number of hydrogen-bond acceptors (Lipinski definition) is 5. The first-order valence-corrected chi connectivity index (χ1v) is 12.1. The zero-order chi connectivity index (χ0) is 23.3. The van der Waals surface area contributed by atoms with Crippen molar-refractivity contribution in [2.45, 2.75) is 51.7 Å². The second-order valence-electron chi connectivity index (χ2n) is 9.51. The molecule has 0 N–H and O–H groups in total. The molecule has 7 nitrogen and oxygen atoms in total. The van der Waals surface area contributed by atoms with E-state index in [1.54, 1.807) is 30.2 Å². The van der Waals surface area contributed by atoms with Gasteiger partial charge in [0.15, 0.2) is 5.41 Å². The minimum atomic E-state index is -1.42. The number of carbonyl (C=O) groups is 3. The summed E-state index contributed by atoms with van der Waals surface area (Å²) >= 11 is 3.48. The monoisotopic (exact) mass is 504 g/mol. The van der Waals surface area contributed by atoms with Gasteiger partial charge in [0.2, 0.25) is 0 Å². The van der Waals surface area contributed by atoms with Gasteiger partial charge < -0.3 is 14.4 Å². The average Bonchev–Trinajstić information content (AvgIpc) is 3.31. The number of para-hydroxylation sites is 1. The summed E-state index contributed by atoms with van der Waals surface area (Å²) in [4.78, 5) is 41.7. The molecule has 0 radical (unpaired) electrons. The van der Waals surface area contributed by atoms with E-state index in [1.807, 2.05) is 30.5 Å². The Hall–Kier alpha value is -2.35. The summed E-state index contributed by atoms with van der Waals surface area (Å²) in [6.07, 6.45) is 3.46. The van der Waals surface area contributed by atoms with Crippen LogP contribution in [0.4, 0.5) is 4.79 Å². The van der Waals surface area contributed by atoms with Crippen LogP contribution in [0, 0.1) is 11.3 Å². The molecule has 0 bridgehead atoms. The van der Waals surface area contributed by atoms with Gasteiger partial charge in [-0.3, -0.25) is 14.2 Å². The first-order valence-electron chi connectivity index (χ1n) is 10.9. The van der Waals surface area contributed by atoms with Crippen LogP contribution >= 0.6 is 15.9 Å². The fourth-order valence-electron chi connectivity index (χ4n) is 5.17. The average molecular weight is 505 g/mol. The number of amides is 1. The van der Waals surface area contributed by atoms with Crippen molar-refractivity contribution in [2.24, 2.45) is 11.3 Å². The van der Waals surface area contributed by atoms with Gasteiger partial charge in [-0.2, -0.15) is 0 Å². The molecule has 1 saturated heterocycles. The fraction of sp³-hybridized carbons (Fsp3) is 0.542. The van der Waals surface area contributed by atoms with E-state index in [0.717, 1.165) is 28.2 Å². The van der Waals surface area contributed by atoms with Gasteiger partial charge in [-0.05, 0) is 51.7 Å². The molecule has 2 aromatic rings. The Balaban J connectivity index is 1.77. The number of alkyl halides is 1. The highest BCUT2D eigenvalue weighted by Gasteiger charge is 2.79. The Morgan fingerprint density at radius 2 is 1.94 bits per heavy atom. The quantitative estimate of drug-likeness (QED) is 0.350. The lowest BCUT2D eigenvalue weighted by Gasteiger charge is -2.30. The summed E-state index contributed by atoms with van der Waals surface area (Å²) in [6.45, 7) is 5.85. The van der Waals surface area contributed by atoms with Crippen LogP contribution in [0.2, 0.25) is 0 Å². The molecule has 2 aliphatic rings. The van der Waals surface area contributed by atoms with E-state index < -0.39 is 29.1 Å². The van der Waals surface area contributed by atoms with Crippen LogP contribution < -0.4 is 0 Å². The van der Waals surface area contributed by atoms with Gasteiger partial charge in [-0.15, -0.1) is 0 Å².